The van der Waals surface area contributed by atoms with Crippen LogP contribution in [-0.2, 0) is 4.79 Å². The van der Waals surface area contributed by atoms with Gasteiger partial charge in [-0.1, -0.05) is 27.7 Å². The maximum Gasteiger partial charge on any atom is 0.240 e. The highest BCUT2D eigenvalue weighted by molar-refractivity contribution is 5.81. The van der Waals surface area contributed by atoms with Crippen molar-refractivity contribution in [3.63, 3.8) is 0 Å². The summed E-state index contributed by atoms with van der Waals surface area (Å²) >= 11 is 0. The molecule has 0 saturated carbocycles. The fraction of sp³-hybridized carbons (Fsp3) is 0.833. The molecule has 0 bridgehead atoms. The van der Waals surface area contributed by atoms with E-state index >= 15 is 0 Å². The quantitative estimate of drug-likeness (QED) is 0.695. The van der Waals surface area contributed by atoms with E-state index in [1.807, 2.05) is 18.7 Å². The molecule has 0 N–H and O–H groups in total. The van der Waals surface area contributed by atoms with Gasteiger partial charge in [0, 0.05) is 13.1 Å². The number of hydrogen-bond donors (Lipinski definition) is 0. The zero-order valence-electron chi connectivity index (χ0n) is 10.0. The number of hydrogen-bond acceptors (Lipinski definition) is 2. The highest BCUT2D eigenvalue weighted by atomic mass is 16.2. The van der Waals surface area contributed by atoms with E-state index in [1.165, 1.54) is 0 Å². The Morgan fingerprint density at radius 2 is 1.80 bits per heavy atom. The molecule has 1 aliphatic rings. The van der Waals surface area contributed by atoms with Crippen LogP contribution in [-0.4, -0.2) is 23.9 Å². The topological polar surface area (TPSA) is 44.1 Å². The van der Waals surface area contributed by atoms with Crippen LogP contribution in [0.3, 0.4) is 0 Å². The third-order valence-corrected chi connectivity index (χ3v) is 3.37. The molecule has 84 valence electrons. The summed E-state index contributed by atoms with van der Waals surface area (Å²) in [4.78, 5) is 13.9. The predicted molar refractivity (Wildman–Crippen MR) is 58.8 cm³/mol. The molecule has 0 radical (unpaired) electrons. The largest absolute Gasteiger partial charge is 0.341 e. The van der Waals surface area contributed by atoms with Crippen molar-refractivity contribution in [2.45, 2.75) is 27.7 Å². The molecule has 1 saturated heterocycles. The van der Waals surface area contributed by atoms with Crippen molar-refractivity contribution in [3.05, 3.63) is 0 Å². The summed E-state index contributed by atoms with van der Waals surface area (Å²) in [6.07, 6.45) is 0. The lowest BCUT2D eigenvalue weighted by atomic mass is 9.96. The van der Waals surface area contributed by atoms with Crippen LogP contribution < -0.4 is 0 Å². The van der Waals surface area contributed by atoms with Crippen molar-refractivity contribution < 1.29 is 4.79 Å². The van der Waals surface area contributed by atoms with E-state index in [9.17, 15) is 4.79 Å². The number of carbonyl (C=O) groups excluding carboxylic acids is 1. The Bertz CT molecular complexity index is 270. The van der Waals surface area contributed by atoms with E-state index in [2.05, 4.69) is 19.9 Å². The van der Waals surface area contributed by atoms with E-state index in [4.69, 9.17) is 5.26 Å². The van der Waals surface area contributed by atoms with Crippen LogP contribution >= 0.6 is 0 Å². The van der Waals surface area contributed by atoms with Crippen molar-refractivity contribution in [1.82, 2.24) is 4.90 Å². The SMILES string of the molecule is CC(C)C(C#N)C(=O)N1CC(C)C(C)C1. The second kappa shape index (κ2) is 4.65. The first kappa shape index (κ1) is 12.0. The molecule has 1 heterocycles. The van der Waals surface area contributed by atoms with Crippen LogP contribution in [0.15, 0.2) is 0 Å². The summed E-state index contributed by atoms with van der Waals surface area (Å²) in [5.41, 5.74) is 0. The monoisotopic (exact) mass is 208 g/mol. The average Bonchev–Trinajstić information content (AvgIpc) is 2.47. The van der Waals surface area contributed by atoms with Gasteiger partial charge >= 0.3 is 0 Å². The molecule has 0 aromatic rings. The number of likely N-dealkylation sites (tertiary alicyclic amines) is 1. The van der Waals surface area contributed by atoms with E-state index in [0.717, 1.165) is 13.1 Å². The van der Waals surface area contributed by atoms with Crippen LogP contribution in [0.5, 0.6) is 0 Å². The minimum Gasteiger partial charge on any atom is -0.341 e. The molecule has 1 fully saturated rings. The Morgan fingerprint density at radius 1 is 1.33 bits per heavy atom. The van der Waals surface area contributed by atoms with Crippen LogP contribution in [0.25, 0.3) is 0 Å². The maximum absolute atomic E-state index is 12.0. The summed E-state index contributed by atoms with van der Waals surface area (Å²) in [5, 5.41) is 8.96. The van der Waals surface area contributed by atoms with Crippen LogP contribution in [0.2, 0.25) is 0 Å². The molecule has 3 unspecified atom stereocenters. The van der Waals surface area contributed by atoms with Gasteiger partial charge in [-0.25, -0.2) is 0 Å². The van der Waals surface area contributed by atoms with Crippen LogP contribution in [0, 0.1) is 35.0 Å². The lowest BCUT2D eigenvalue weighted by molar-refractivity contribution is -0.134. The summed E-state index contributed by atoms with van der Waals surface area (Å²) < 4.78 is 0. The summed E-state index contributed by atoms with van der Waals surface area (Å²) in [5.74, 6) is 0.765. The van der Waals surface area contributed by atoms with Gasteiger partial charge in [0.05, 0.1) is 6.07 Å². The van der Waals surface area contributed by atoms with Gasteiger partial charge in [-0.3, -0.25) is 4.79 Å². The Morgan fingerprint density at radius 3 is 2.13 bits per heavy atom. The van der Waals surface area contributed by atoms with E-state index < -0.39 is 5.92 Å². The van der Waals surface area contributed by atoms with Crippen molar-refractivity contribution >= 4 is 5.91 Å². The first-order valence-electron chi connectivity index (χ1n) is 5.65. The summed E-state index contributed by atoms with van der Waals surface area (Å²) in [6, 6.07) is 2.12. The molecular weight excluding hydrogens is 188 g/mol. The minimum absolute atomic E-state index is 0.0173. The summed E-state index contributed by atoms with van der Waals surface area (Å²) in [6.45, 7) is 9.79. The van der Waals surface area contributed by atoms with Crippen LogP contribution in [0.1, 0.15) is 27.7 Å². The number of carbonyl (C=O) groups is 1. The molecule has 1 aliphatic heterocycles. The van der Waals surface area contributed by atoms with Crippen molar-refractivity contribution in [2.24, 2.45) is 23.7 Å². The van der Waals surface area contributed by atoms with E-state index in [1.54, 1.807) is 0 Å². The van der Waals surface area contributed by atoms with Gasteiger partial charge in [0.1, 0.15) is 5.92 Å². The number of rotatable bonds is 2. The highest BCUT2D eigenvalue weighted by Crippen LogP contribution is 2.25. The van der Waals surface area contributed by atoms with E-state index in [-0.39, 0.29) is 11.8 Å². The van der Waals surface area contributed by atoms with Crippen LogP contribution in [0.4, 0.5) is 0 Å². The van der Waals surface area contributed by atoms with Gasteiger partial charge < -0.3 is 4.90 Å². The van der Waals surface area contributed by atoms with Crippen molar-refractivity contribution in [1.29, 1.82) is 5.26 Å². The van der Waals surface area contributed by atoms with Gasteiger partial charge in [0.25, 0.3) is 0 Å². The summed E-state index contributed by atoms with van der Waals surface area (Å²) in [7, 11) is 0. The van der Waals surface area contributed by atoms with Crippen molar-refractivity contribution in [3.8, 4) is 6.07 Å². The second-order valence-electron chi connectivity index (χ2n) is 5.05. The highest BCUT2D eigenvalue weighted by Gasteiger charge is 2.34. The minimum atomic E-state index is -0.470. The lowest BCUT2D eigenvalue weighted by Crippen LogP contribution is -2.36. The zero-order chi connectivity index (χ0) is 11.6. The number of nitriles is 1. The second-order valence-corrected chi connectivity index (χ2v) is 5.05. The Labute approximate surface area is 92.1 Å². The van der Waals surface area contributed by atoms with Gasteiger partial charge in [-0.2, -0.15) is 5.26 Å². The maximum atomic E-state index is 12.0. The molecule has 3 nitrogen and oxygen atoms in total. The predicted octanol–water partition coefficient (Wildman–Crippen LogP) is 1.90. The smallest absolute Gasteiger partial charge is 0.240 e. The van der Waals surface area contributed by atoms with Crippen molar-refractivity contribution in [2.75, 3.05) is 13.1 Å². The normalized spacial score (nSPS) is 27.9. The van der Waals surface area contributed by atoms with Gasteiger partial charge in [0.2, 0.25) is 5.91 Å². The Balaban J connectivity index is 2.66. The fourth-order valence-corrected chi connectivity index (χ4v) is 2.00. The molecule has 1 rings (SSSR count). The molecule has 3 atom stereocenters. The first-order valence-corrected chi connectivity index (χ1v) is 5.65. The molecule has 0 aromatic carbocycles. The average molecular weight is 208 g/mol. The molecule has 15 heavy (non-hydrogen) atoms. The fourth-order valence-electron chi connectivity index (χ4n) is 2.00. The van der Waals surface area contributed by atoms with Gasteiger partial charge in [0.15, 0.2) is 0 Å². The Kier molecular flexibility index (Phi) is 3.73. The lowest BCUT2D eigenvalue weighted by Gasteiger charge is -2.21. The molecule has 1 amide bonds. The molecular formula is C12H20N2O. The number of amides is 1. The first-order chi connectivity index (χ1) is 6.97. The third kappa shape index (κ3) is 2.50. The standard InChI is InChI=1S/C12H20N2O/c1-8(2)11(5-13)12(15)14-6-9(3)10(4)7-14/h8-11H,6-7H2,1-4H3. The van der Waals surface area contributed by atoms with E-state index in [0.29, 0.717) is 11.8 Å². The zero-order valence-corrected chi connectivity index (χ0v) is 10.0. The number of nitrogens with zero attached hydrogens (tertiary/aromatic N) is 2. The Hall–Kier alpha value is -1.04. The molecule has 0 aromatic heterocycles. The van der Waals surface area contributed by atoms with Gasteiger partial charge in [-0.05, 0) is 17.8 Å². The molecule has 3 heteroatoms. The van der Waals surface area contributed by atoms with Gasteiger partial charge in [-0.15, -0.1) is 0 Å². The third-order valence-electron chi connectivity index (χ3n) is 3.37. The molecule has 0 aliphatic carbocycles. The molecule has 0 spiro atoms.